The van der Waals surface area contributed by atoms with E-state index in [4.69, 9.17) is 9.47 Å². The lowest BCUT2D eigenvalue weighted by Gasteiger charge is -2.26. The van der Waals surface area contributed by atoms with Gasteiger partial charge in [-0.25, -0.2) is 4.39 Å². The number of methoxy groups -OCH3 is 2. The molecule has 2 saturated heterocycles. The third-order valence-electron chi connectivity index (χ3n) is 6.91. The molecule has 1 N–H and O–H groups in total. The van der Waals surface area contributed by atoms with Crippen molar-refractivity contribution >= 4 is 28.8 Å². The van der Waals surface area contributed by atoms with Crippen LogP contribution in [0.2, 0.25) is 0 Å². The molecule has 5 rings (SSSR count). The Bertz CT molecular complexity index is 1380. The van der Waals surface area contributed by atoms with Crippen LogP contribution in [0.4, 0.5) is 15.8 Å². The third-order valence-corrected chi connectivity index (χ3v) is 6.91. The molecule has 0 spiro atoms. The van der Waals surface area contributed by atoms with E-state index in [-0.39, 0.29) is 22.4 Å². The van der Waals surface area contributed by atoms with Gasteiger partial charge in [-0.3, -0.25) is 14.5 Å². The lowest BCUT2D eigenvalue weighted by atomic mass is 9.94. The van der Waals surface area contributed by atoms with Gasteiger partial charge in [0.15, 0.2) is 0 Å². The molecule has 0 aromatic heterocycles. The van der Waals surface area contributed by atoms with E-state index in [1.54, 1.807) is 30.3 Å². The number of hydrogen-bond donors (Lipinski definition) is 1. The number of amides is 1. The molecule has 1 atom stereocenters. The standard InChI is InChI=1S/C29H27FN2O5/c1-36-20-13-14-22(24(17-20)37-2)27(33)25-26(21-7-3-4-8-23(21)30)32(29(35)28(25)34)19-11-9-18(10-12-19)31-15-5-6-16-31/h3-4,7-14,17,26,33H,5-6,15-16H2,1-2H3/b27-25+. The van der Waals surface area contributed by atoms with Gasteiger partial charge in [0.05, 0.1) is 31.4 Å². The number of aliphatic hydroxyl groups excluding tert-OH is 1. The second-order valence-corrected chi connectivity index (χ2v) is 8.97. The Morgan fingerprint density at radius 3 is 2.24 bits per heavy atom. The summed E-state index contributed by atoms with van der Waals surface area (Å²) in [7, 11) is 2.91. The number of rotatable bonds is 6. The number of ether oxygens (including phenoxy) is 2. The van der Waals surface area contributed by atoms with E-state index in [1.165, 1.54) is 43.4 Å². The average molecular weight is 503 g/mol. The molecule has 2 fully saturated rings. The molecule has 3 aromatic carbocycles. The highest BCUT2D eigenvalue weighted by Gasteiger charge is 2.48. The Hall–Kier alpha value is -4.33. The SMILES string of the molecule is COc1ccc(/C(O)=C2\C(=O)C(=O)N(c3ccc(N4CCCC4)cc3)C2c2ccccc2F)c(OC)c1. The monoisotopic (exact) mass is 502 g/mol. The zero-order chi connectivity index (χ0) is 26.1. The van der Waals surface area contributed by atoms with Gasteiger partial charge in [-0.15, -0.1) is 0 Å². The van der Waals surface area contributed by atoms with Crippen molar-refractivity contribution in [2.24, 2.45) is 0 Å². The van der Waals surface area contributed by atoms with Crippen LogP contribution < -0.4 is 19.3 Å². The van der Waals surface area contributed by atoms with Gasteiger partial charge in [-0.1, -0.05) is 18.2 Å². The van der Waals surface area contributed by atoms with Crippen LogP contribution in [0.15, 0.2) is 72.3 Å². The maximum Gasteiger partial charge on any atom is 0.300 e. The zero-order valence-corrected chi connectivity index (χ0v) is 20.6. The Balaban J connectivity index is 1.66. The summed E-state index contributed by atoms with van der Waals surface area (Å²) in [5.74, 6) is -2.09. The van der Waals surface area contributed by atoms with Crippen LogP contribution in [0.5, 0.6) is 11.5 Å². The molecule has 0 radical (unpaired) electrons. The first kappa shape index (κ1) is 24.4. The summed E-state index contributed by atoms with van der Waals surface area (Å²) >= 11 is 0. The van der Waals surface area contributed by atoms with Crippen molar-refractivity contribution in [3.8, 4) is 11.5 Å². The number of Topliss-reactive ketones (excluding diaryl/α,β-unsaturated/α-hetero) is 1. The summed E-state index contributed by atoms with van der Waals surface area (Å²) in [4.78, 5) is 30.3. The number of nitrogens with zero attached hydrogens (tertiary/aromatic N) is 2. The molecule has 2 aliphatic rings. The summed E-state index contributed by atoms with van der Waals surface area (Å²) in [6, 6.07) is 16.7. The highest BCUT2D eigenvalue weighted by atomic mass is 19.1. The molecule has 2 heterocycles. The number of carbonyl (C=O) groups excluding carboxylic acids is 2. The normalized spacial score (nSPS) is 18.9. The summed E-state index contributed by atoms with van der Waals surface area (Å²) < 4.78 is 25.8. The van der Waals surface area contributed by atoms with Gasteiger partial charge >= 0.3 is 0 Å². The molecule has 3 aromatic rings. The van der Waals surface area contributed by atoms with Crippen LogP contribution in [0.25, 0.3) is 5.76 Å². The number of benzene rings is 3. The summed E-state index contributed by atoms with van der Waals surface area (Å²) in [6.45, 7) is 1.92. The first-order valence-electron chi connectivity index (χ1n) is 12.1. The molecule has 1 unspecified atom stereocenters. The van der Waals surface area contributed by atoms with E-state index in [9.17, 15) is 14.7 Å². The van der Waals surface area contributed by atoms with Crippen LogP contribution in [0.3, 0.4) is 0 Å². The fraction of sp³-hybridized carbons (Fsp3) is 0.241. The molecule has 8 heteroatoms. The molecule has 2 aliphatic heterocycles. The van der Waals surface area contributed by atoms with Crippen molar-refractivity contribution in [3.63, 3.8) is 0 Å². The van der Waals surface area contributed by atoms with Crippen molar-refractivity contribution in [1.29, 1.82) is 0 Å². The summed E-state index contributed by atoms with van der Waals surface area (Å²) in [5.41, 5.74) is 1.51. The van der Waals surface area contributed by atoms with Crippen LogP contribution in [0.1, 0.15) is 30.0 Å². The second-order valence-electron chi connectivity index (χ2n) is 8.97. The minimum atomic E-state index is -1.18. The van der Waals surface area contributed by atoms with Gasteiger partial charge in [-0.05, 0) is 55.3 Å². The predicted molar refractivity (Wildman–Crippen MR) is 139 cm³/mol. The van der Waals surface area contributed by atoms with E-state index >= 15 is 4.39 Å². The number of carbonyl (C=O) groups is 2. The Kier molecular flexibility index (Phi) is 6.56. The average Bonchev–Trinajstić information content (AvgIpc) is 3.55. The first-order chi connectivity index (χ1) is 17.9. The minimum Gasteiger partial charge on any atom is -0.507 e. The van der Waals surface area contributed by atoms with Gasteiger partial charge in [0.1, 0.15) is 23.1 Å². The molecule has 0 aliphatic carbocycles. The van der Waals surface area contributed by atoms with E-state index in [0.29, 0.717) is 11.4 Å². The Morgan fingerprint density at radius 2 is 1.59 bits per heavy atom. The van der Waals surface area contributed by atoms with Gasteiger partial charge in [-0.2, -0.15) is 0 Å². The van der Waals surface area contributed by atoms with Crippen molar-refractivity contribution < 1.29 is 28.6 Å². The van der Waals surface area contributed by atoms with Gasteiger partial charge < -0.3 is 19.5 Å². The molecule has 0 saturated carbocycles. The van der Waals surface area contributed by atoms with E-state index in [0.717, 1.165) is 31.6 Å². The molecular formula is C29H27FN2O5. The van der Waals surface area contributed by atoms with Gasteiger partial charge in [0.25, 0.3) is 11.7 Å². The summed E-state index contributed by atoms with van der Waals surface area (Å²) in [6.07, 6.45) is 2.25. The quantitative estimate of drug-likeness (QED) is 0.288. The van der Waals surface area contributed by atoms with Gasteiger partial charge in [0, 0.05) is 36.1 Å². The zero-order valence-electron chi connectivity index (χ0n) is 20.6. The fourth-order valence-corrected chi connectivity index (χ4v) is 5.03. The van der Waals surface area contributed by atoms with Crippen molar-refractivity contribution in [3.05, 3.63) is 89.2 Å². The fourth-order valence-electron chi connectivity index (χ4n) is 5.03. The number of hydrogen-bond acceptors (Lipinski definition) is 6. The molecule has 7 nitrogen and oxygen atoms in total. The maximum absolute atomic E-state index is 15.1. The molecule has 190 valence electrons. The lowest BCUT2D eigenvalue weighted by Crippen LogP contribution is -2.30. The highest BCUT2D eigenvalue weighted by Crippen LogP contribution is 2.44. The highest BCUT2D eigenvalue weighted by molar-refractivity contribution is 6.51. The van der Waals surface area contributed by atoms with E-state index in [2.05, 4.69) is 4.90 Å². The number of ketones is 1. The van der Waals surface area contributed by atoms with E-state index in [1.807, 2.05) is 12.1 Å². The summed E-state index contributed by atoms with van der Waals surface area (Å²) in [5, 5.41) is 11.4. The van der Waals surface area contributed by atoms with Crippen molar-refractivity contribution in [2.75, 3.05) is 37.1 Å². The minimum absolute atomic E-state index is 0.0966. The van der Waals surface area contributed by atoms with Crippen LogP contribution in [-0.4, -0.2) is 44.1 Å². The van der Waals surface area contributed by atoms with Crippen molar-refractivity contribution in [1.82, 2.24) is 0 Å². The molecule has 37 heavy (non-hydrogen) atoms. The Morgan fingerprint density at radius 1 is 0.919 bits per heavy atom. The van der Waals surface area contributed by atoms with Crippen LogP contribution in [0, 0.1) is 5.82 Å². The number of anilines is 2. The lowest BCUT2D eigenvalue weighted by molar-refractivity contribution is -0.132. The third kappa shape index (κ3) is 4.28. The molecule has 1 amide bonds. The second kappa shape index (κ2) is 9.97. The maximum atomic E-state index is 15.1. The largest absolute Gasteiger partial charge is 0.507 e. The molecule has 0 bridgehead atoms. The van der Waals surface area contributed by atoms with Gasteiger partial charge in [0.2, 0.25) is 0 Å². The predicted octanol–water partition coefficient (Wildman–Crippen LogP) is 5.07. The number of aliphatic hydroxyl groups is 1. The topological polar surface area (TPSA) is 79.3 Å². The van der Waals surface area contributed by atoms with Crippen LogP contribution in [-0.2, 0) is 9.59 Å². The number of halogens is 1. The van der Waals surface area contributed by atoms with Crippen LogP contribution >= 0.6 is 0 Å². The Labute approximate surface area is 214 Å². The first-order valence-corrected chi connectivity index (χ1v) is 12.1. The molecular weight excluding hydrogens is 475 g/mol. The van der Waals surface area contributed by atoms with Crippen molar-refractivity contribution in [2.45, 2.75) is 18.9 Å². The smallest absolute Gasteiger partial charge is 0.300 e. The van der Waals surface area contributed by atoms with E-state index < -0.39 is 29.3 Å².